The second kappa shape index (κ2) is 9.30. The Bertz CT molecular complexity index is 844. The van der Waals surface area contributed by atoms with Gasteiger partial charge < -0.3 is 5.32 Å². The van der Waals surface area contributed by atoms with Gasteiger partial charge >= 0.3 is 0 Å². The van der Waals surface area contributed by atoms with E-state index in [0.29, 0.717) is 10.0 Å². The van der Waals surface area contributed by atoms with Gasteiger partial charge in [-0.1, -0.05) is 53.0 Å². The molecule has 0 bridgehead atoms. The summed E-state index contributed by atoms with van der Waals surface area (Å²) in [5.41, 5.74) is 4.71. The van der Waals surface area contributed by atoms with E-state index in [1.165, 1.54) is 16.7 Å². The first kappa shape index (κ1) is 21.2. The van der Waals surface area contributed by atoms with Crippen LogP contribution in [0.3, 0.4) is 0 Å². The molecule has 2 aromatic carbocycles. The van der Waals surface area contributed by atoms with Gasteiger partial charge in [-0.15, -0.1) is 0 Å². The number of amides is 1. The number of aryl methyl sites for hydroxylation is 2. The van der Waals surface area contributed by atoms with Crippen molar-refractivity contribution in [3.63, 3.8) is 0 Å². The van der Waals surface area contributed by atoms with Gasteiger partial charge in [0, 0.05) is 22.5 Å². The number of carbonyl (C=O) groups is 1. The van der Waals surface area contributed by atoms with E-state index in [0.717, 1.165) is 38.0 Å². The normalized spacial score (nSPS) is 16.8. The molecule has 0 aromatic heterocycles. The van der Waals surface area contributed by atoms with Gasteiger partial charge in [0.05, 0.1) is 6.04 Å². The van der Waals surface area contributed by atoms with Crippen LogP contribution in [0.1, 0.15) is 48.1 Å². The fraction of sp³-hybridized carbons (Fsp3) is 0.435. The van der Waals surface area contributed by atoms with Crippen molar-refractivity contribution in [1.29, 1.82) is 0 Å². The fourth-order valence-electron chi connectivity index (χ4n) is 3.88. The maximum Gasteiger partial charge on any atom is 0.223 e. The molecule has 0 spiro atoms. The van der Waals surface area contributed by atoms with Crippen LogP contribution in [-0.4, -0.2) is 23.9 Å². The highest BCUT2D eigenvalue weighted by Crippen LogP contribution is 2.26. The minimum atomic E-state index is 0.0262. The van der Waals surface area contributed by atoms with E-state index in [1.807, 2.05) is 12.1 Å². The van der Waals surface area contributed by atoms with Gasteiger partial charge in [0.2, 0.25) is 5.91 Å². The SMILES string of the molecule is Cc1ccc(C)c(C(C)NC(=O)C2CCN(Cc3ccc(Cl)cc3Cl)CC2)c1. The lowest BCUT2D eigenvalue weighted by Gasteiger charge is -2.32. The molecule has 0 aliphatic carbocycles. The summed E-state index contributed by atoms with van der Waals surface area (Å²) >= 11 is 12.3. The molecule has 0 saturated carbocycles. The number of halogens is 2. The predicted molar refractivity (Wildman–Crippen MR) is 117 cm³/mol. The molecule has 1 aliphatic rings. The monoisotopic (exact) mass is 418 g/mol. The van der Waals surface area contributed by atoms with E-state index in [9.17, 15) is 4.79 Å². The third kappa shape index (κ3) is 5.28. The summed E-state index contributed by atoms with van der Waals surface area (Å²) in [7, 11) is 0. The van der Waals surface area contributed by atoms with Gasteiger partial charge in [0.25, 0.3) is 0 Å². The summed E-state index contributed by atoms with van der Waals surface area (Å²) in [6.45, 7) is 8.84. The van der Waals surface area contributed by atoms with Crippen LogP contribution in [-0.2, 0) is 11.3 Å². The van der Waals surface area contributed by atoms with Crippen molar-refractivity contribution in [2.75, 3.05) is 13.1 Å². The minimum Gasteiger partial charge on any atom is -0.349 e. The van der Waals surface area contributed by atoms with E-state index < -0.39 is 0 Å². The number of nitrogens with one attached hydrogen (secondary N) is 1. The molecule has 1 amide bonds. The average molecular weight is 419 g/mol. The molecule has 5 heteroatoms. The van der Waals surface area contributed by atoms with Gasteiger partial charge in [-0.25, -0.2) is 0 Å². The molecule has 1 aliphatic heterocycles. The molecule has 1 fully saturated rings. The Morgan fingerprint density at radius 3 is 2.54 bits per heavy atom. The Hall–Kier alpha value is -1.55. The van der Waals surface area contributed by atoms with Gasteiger partial charge in [-0.05, 0) is 75.5 Å². The molecule has 28 heavy (non-hydrogen) atoms. The van der Waals surface area contributed by atoms with Crippen LogP contribution < -0.4 is 5.32 Å². The minimum absolute atomic E-state index is 0.0262. The molecule has 1 heterocycles. The molecular weight excluding hydrogens is 391 g/mol. The quantitative estimate of drug-likeness (QED) is 0.674. The van der Waals surface area contributed by atoms with Gasteiger partial charge in [-0.3, -0.25) is 9.69 Å². The molecular formula is C23H28Cl2N2O. The van der Waals surface area contributed by atoms with E-state index in [4.69, 9.17) is 23.2 Å². The van der Waals surface area contributed by atoms with Crippen LogP contribution in [0.5, 0.6) is 0 Å². The van der Waals surface area contributed by atoms with E-state index in [1.54, 1.807) is 6.07 Å². The van der Waals surface area contributed by atoms with E-state index >= 15 is 0 Å². The lowest BCUT2D eigenvalue weighted by molar-refractivity contribution is -0.127. The Balaban J connectivity index is 1.52. The molecule has 1 saturated heterocycles. The third-order valence-electron chi connectivity index (χ3n) is 5.63. The lowest BCUT2D eigenvalue weighted by atomic mass is 9.94. The first-order chi connectivity index (χ1) is 13.3. The second-order valence-corrected chi connectivity index (χ2v) is 8.72. The zero-order valence-corrected chi connectivity index (χ0v) is 18.3. The highest BCUT2D eigenvalue weighted by molar-refractivity contribution is 6.35. The third-order valence-corrected chi connectivity index (χ3v) is 6.21. The molecule has 2 aromatic rings. The molecule has 3 rings (SSSR count). The number of piperidine rings is 1. The Morgan fingerprint density at radius 1 is 1.14 bits per heavy atom. The molecule has 1 unspecified atom stereocenters. The van der Waals surface area contributed by atoms with Crippen LogP contribution in [0.15, 0.2) is 36.4 Å². The smallest absolute Gasteiger partial charge is 0.223 e. The van der Waals surface area contributed by atoms with Gasteiger partial charge in [0.1, 0.15) is 0 Å². The highest BCUT2D eigenvalue weighted by atomic mass is 35.5. The van der Waals surface area contributed by atoms with Crippen molar-refractivity contribution in [2.45, 2.75) is 46.2 Å². The summed E-state index contributed by atoms with van der Waals surface area (Å²) in [4.78, 5) is 15.1. The van der Waals surface area contributed by atoms with Crippen LogP contribution >= 0.6 is 23.2 Å². The fourth-order valence-corrected chi connectivity index (χ4v) is 4.35. The lowest BCUT2D eigenvalue weighted by Crippen LogP contribution is -2.41. The second-order valence-electron chi connectivity index (χ2n) is 7.88. The molecule has 3 nitrogen and oxygen atoms in total. The highest BCUT2D eigenvalue weighted by Gasteiger charge is 2.26. The van der Waals surface area contributed by atoms with Crippen LogP contribution in [0.25, 0.3) is 0 Å². The van der Waals surface area contributed by atoms with Crippen LogP contribution in [0, 0.1) is 19.8 Å². The summed E-state index contributed by atoms with van der Waals surface area (Å²) in [5, 5.41) is 4.58. The van der Waals surface area contributed by atoms with Crippen LogP contribution in [0.4, 0.5) is 0 Å². The number of nitrogens with zero attached hydrogens (tertiary/aromatic N) is 1. The van der Waals surface area contributed by atoms with Crippen molar-refractivity contribution in [3.8, 4) is 0 Å². The number of benzene rings is 2. The maximum absolute atomic E-state index is 12.8. The van der Waals surface area contributed by atoms with Crippen molar-refractivity contribution in [1.82, 2.24) is 10.2 Å². The molecule has 150 valence electrons. The Morgan fingerprint density at radius 2 is 1.86 bits per heavy atom. The van der Waals surface area contributed by atoms with Crippen LogP contribution in [0.2, 0.25) is 10.0 Å². The zero-order valence-electron chi connectivity index (χ0n) is 16.8. The molecule has 1 N–H and O–H groups in total. The molecule has 1 atom stereocenters. The topological polar surface area (TPSA) is 32.3 Å². The van der Waals surface area contributed by atoms with Gasteiger partial charge in [-0.2, -0.15) is 0 Å². The van der Waals surface area contributed by atoms with E-state index in [2.05, 4.69) is 49.2 Å². The van der Waals surface area contributed by atoms with Crippen molar-refractivity contribution in [2.24, 2.45) is 5.92 Å². The standard InChI is InChI=1S/C23H28Cl2N2O/c1-15-4-5-16(2)21(12-15)17(3)26-23(28)18-8-10-27(11-9-18)14-19-6-7-20(24)13-22(19)25/h4-7,12-13,17-18H,8-11,14H2,1-3H3,(H,26,28). The molecule has 0 radical (unpaired) electrons. The zero-order chi connectivity index (χ0) is 20.3. The number of carbonyl (C=O) groups excluding carboxylic acids is 1. The number of hydrogen-bond acceptors (Lipinski definition) is 2. The number of likely N-dealkylation sites (tertiary alicyclic amines) is 1. The summed E-state index contributed by atoms with van der Waals surface area (Å²) in [5.74, 6) is 0.238. The Kier molecular flexibility index (Phi) is 7.03. The van der Waals surface area contributed by atoms with E-state index in [-0.39, 0.29) is 17.9 Å². The first-order valence-electron chi connectivity index (χ1n) is 9.87. The Labute approximate surface area is 178 Å². The first-order valence-corrected chi connectivity index (χ1v) is 10.6. The largest absolute Gasteiger partial charge is 0.349 e. The average Bonchev–Trinajstić information content (AvgIpc) is 2.66. The number of rotatable bonds is 5. The maximum atomic E-state index is 12.8. The van der Waals surface area contributed by atoms with Crippen molar-refractivity contribution < 1.29 is 4.79 Å². The van der Waals surface area contributed by atoms with Crippen molar-refractivity contribution in [3.05, 3.63) is 68.7 Å². The summed E-state index contributed by atoms with van der Waals surface area (Å²) in [6, 6.07) is 12.1. The number of hydrogen-bond donors (Lipinski definition) is 1. The van der Waals surface area contributed by atoms with Crippen molar-refractivity contribution >= 4 is 29.1 Å². The predicted octanol–water partition coefficient (Wildman–Crippen LogP) is 5.70. The summed E-state index contributed by atoms with van der Waals surface area (Å²) < 4.78 is 0. The summed E-state index contributed by atoms with van der Waals surface area (Å²) in [6.07, 6.45) is 1.74. The van der Waals surface area contributed by atoms with Gasteiger partial charge in [0.15, 0.2) is 0 Å².